The van der Waals surface area contributed by atoms with Crippen LogP contribution in [0, 0.1) is 11.8 Å². The van der Waals surface area contributed by atoms with Crippen molar-refractivity contribution in [2.75, 3.05) is 19.7 Å². The highest BCUT2D eigenvalue weighted by atomic mass is 35.5. The molecule has 2 saturated heterocycles. The maximum atomic E-state index is 12.0. The van der Waals surface area contributed by atoms with Gasteiger partial charge in [-0.05, 0) is 30.9 Å². The van der Waals surface area contributed by atoms with Crippen molar-refractivity contribution in [2.24, 2.45) is 11.8 Å². The Kier molecular flexibility index (Phi) is 5.19. The summed E-state index contributed by atoms with van der Waals surface area (Å²) in [5.41, 5.74) is 0.344. The zero-order valence-electron chi connectivity index (χ0n) is 16.3. The van der Waals surface area contributed by atoms with Crippen molar-refractivity contribution >= 4 is 28.5 Å². The average molecular weight is 434 g/mol. The number of aromatic nitrogens is 4. The molecule has 1 N–H and O–H groups in total. The molecule has 2 aliphatic rings. The predicted octanol–water partition coefficient (Wildman–Crippen LogP) is 3.16. The fourth-order valence-corrected chi connectivity index (χ4v) is 5.99. The standard InChI is InChI=1S/C20H24ClN5O2S/c1-12-8-25(9-14-2-3-18(21)29-14)10-15(12)17-6-13(4-5-28-17)19-22-7-16-20(27)23-11-24-26(16)19/h2-3,7,11-13,15,17H,4-6,8-10H2,1H3,(H,23,24,27). The minimum Gasteiger partial charge on any atom is -0.378 e. The topological polar surface area (TPSA) is 75.5 Å². The van der Waals surface area contributed by atoms with Gasteiger partial charge in [-0.2, -0.15) is 5.10 Å². The van der Waals surface area contributed by atoms with Gasteiger partial charge in [-0.15, -0.1) is 11.3 Å². The van der Waals surface area contributed by atoms with Gasteiger partial charge in [0.05, 0.1) is 16.6 Å². The number of halogens is 1. The van der Waals surface area contributed by atoms with E-state index in [0.717, 1.165) is 49.2 Å². The largest absolute Gasteiger partial charge is 0.378 e. The van der Waals surface area contributed by atoms with Gasteiger partial charge in [-0.3, -0.25) is 9.69 Å². The number of H-pyrrole nitrogens is 1. The summed E-state index contributed by atoms with van der Waals surface area (Å²) in [7, 11) is 0. The number of aromatic amines is 1. The van der Waals surface area contributed by atoms with Gasteiger partial charge in [0, 0.05) is 43.0 Å². The van der Waals surface area contributed by atoms with Crippen LogP contribution in [0.5, 0.6) is 0 Å². The molecule has 9 heteroatoms. The fraction of sp³-hybridized carbons (Fsp3) is 0.550. The second kappa shape index (κ2) is 7.83. The summed E-state index contributed by atoms with van der Waals surface area (Å²) in [4.78, 5) is 23.0. The van der Waals surface area contributed by atoms with Crippen LogP contribution in [0.1, 0.15) is 36.4 Å². The Hall–Kier alpha value is -1.74. The first-order valence-electron chi connectivity index (χ1n) is 10.1. The SMILES string of the molecule is CC1CN(Cc2ccc(Cl)s2)CC1C1CC(c2ncc3c(=O)[nH]cnn23)CCO1. The number of imidazole rings is 1. The molecule has 0 amide bonds. The molecule has 4 unspecified atom stereocenters. The second-order valence-electron chi connectivity index (χ2n) is 8.20. The smallest absolute Gasteiger partial charge is 0.276 e. The molecule has 0 radical (unpaired) electrons. The van der Waals surface area contributed by atoms with E-state index in [1.165, 1.54) is 11.2 Å². The molecule has 0 aliphatic carbocycles. The normalized spacial score (nSPS) is 28.3. The Morgan fingerprint density at radius 3 is 3.10 bits per heavy atom. The molecular formula is C20H24ClN5O2S. The van der Waals surface area contributed by atoms with Gasteiger partial charge in [0.2, 0.25) is 0 Å². The lowest BCUT2D eigenvalue weighted by molar-refractivity contribution is -0.0358. The van der Waals surface area contributed by atoms with Crippen molar-refractivity contribution in [3.63, 3.8) is 0 Å². The number of likely N-dealkylation sites (tertiary alicyclic amines) is 1. The summed E-state index contributed by atoms with van der Waals surface area (Å²) in [5, 5.41) is 4.32. The molecule has 2 aliphatic heterocycles. The van der Waals surface area contributed by atoms with Gasteiger partial charge in [-0.25, -0.2) is 9.50 Å². The summed E-state index contributed by atoms with van der Waals surface area (Å²) < 4.78 is 8.77. The average Bonchev–Trinajstić information content (AvgIpc) is 3.41. The van der Waals surface area contributed by atoms with Crippen molar-refractivity contribution in [3.8, 4) is 0 Å². The highest BCUT2D eigenvalue weighted by Crippen LogP contribution is 2.38. The minimum absolute atomic E-state index is 0.156. The first-order chi connectivity index (χ1) is 14.1. The summed E-state index contributed by atoms with van der Waals surface area (Å²) in [6.45, 7) is 6.11. The molecule has 0 saturated carbocycles. The number of hydrogen-bond donors (Lipinski definition) is 1. The third kappa shape index (κ3) is 3.74. The monoisotopic (exact) mass is 433 g/mol. The third-order valence-corrected chi connectivity index (χ3v) is 7.49. The van der Waals surface area contributed by atoms with Crippen LogP contribution >= 0.6 is 22.9 Å². The minimum atomic E-state index is -0.156. The predicted molar refractivity (Wildman–Crippen MR) is 113 cm³/mol. The van der Waals surface area contributed by atoms with Crippen LogP contribution in [0.4, 0.5) is 0 Å². The van der Waals surface area contributed by atoms with E-state index in [0.29, 0.717) is 17.4 Å². The van der Waals surface area contributed by atoms with Crippen LogP contribution in [0.2, 0.25) is 4.34 Å². The molecule has 0 bridgehead atoms. The Labute approximate surface area is 177 Å². The first kappa shape index (κ1) is 19.2. The quantitative estimate of drug-likeness (QED) is 0.684. The molecule has 5 heterocycles. The molecule has 0 aromatic carbocycles. The van der Waals surface area contributed by atoms with Crippen LogP contribution in [-0.2, 0) is 11.3 Å². The highest BCUT2D eigenvalue weighted by molar-refractivity contribution is 7.16. The highest BCUT2D eigenvalue weighted by Gasteiger charge is 2.39. The number of nitrogens with one attached hydrogen (secondary N) is 1. The molecule has 4 atom stereocenters. The third-order valence-electron chi connectivity index (χ3n) is 6.28. The van der Waals surface area contributed by atoms with E-state index in [9.17, 15) is 4.79 Å². The summed E-state index contributed by atoms with van der Waals surface area (Å²) >= 11 is 7.75. The number of hydrogen-bond acceptors (Lipinski definition) is 6. The number of thiophene rings is 1. The van der Waals surface area contributed by atoms with Crippen LogP contribution in [-0.4, -0.2) is 50.3 Å². The molecular weight excluding hydrogens is 410 g/mol. The van der Waals surface area contributed by atoms with Crippen LogP contribution in [0.15, 0.2) is 29.5 Å². The van der Waals surface area contributed by atoms with Gasteiger partial charge in [0.15, 0.2) is 5.52 Å². The Balaban J connectivity index is 1.30. The van der Waals surface area contributed by atoms with Crippen molar-refractivity contribution in [2.45, 2.75) is 38.3 Å². The maximum absolute atomic E-state index is 12.0. The van der Waals surface area contributed by atoms with Crippen LogP contribution in [0.25, 0.3) is 5.52 Å². The Morgan fingerprint density at radius 1 is 1.38 bits per heavy atom. The number of nitrogens with zero attached hydrogens (tertiary/aromatic N) is 4. The van der Waals surface area contributed by atoms with E-state index in [4.69, 9.17) is 16.3 Å². The van der Waals surface area contributed by atoms with Gasteiger partial charge in [0.1, 0.15) is 12.2 Å². The molecule has 154 valence electrons. The number of fused-ring (bicyclic) bond motifs is 1. The zero-order valence-corrected chi connectivity index (χ0v) is 17.8. The Bertz CT molecular complexity index is 1060. The van der Waals surface area contributed by atoms with Crippen molar-refractivity contribution in [1.29, 1.82) is 0 Å². The number of rotatable bonds is 4. The van der Waals surface area contributed by atoms with Crippen LogP contribution in [0.3, 0.4) is 0 Å². The van der Waals surface area contributed by atoms with E-state index < -0.39 is 0 Å². The van der Waals surface area contributed by atoms with Crippen molar-refractivity contribution < 1.29 is 4.74 Å². The van der Waals surface area contributed by atoms with Crippen LogP contribution < -0.4 is 5.56 Å². The van der Waals surface area contributed by atoms with Gasteiger partial charge in [-0.1, -0.05) is 18.5 Å². The first-order valence-corrected chi connectivity index (χ1v) is 11.3. The molecule has 29 heavy (non-hydrogen) atoms. The second-order valence-corrected chi connectivity index (χ2v) is 10.0. The van der Waals surface area contributed by atoms with Crippen molar-refractivity contribution in [1.82, 2.24) is 24.5 Å². The van der Waals surface area contributed by atoms with E-state index in [-0.39, 0.29) is 17.6 Å². The van der Waals surface area contributed by atoms with Crippen molar-refractivity contribution in [3.05, 3.63) is 50.0 Å². The lowest BCUT2D eigenvalue weighted by Crippen LogP contribution is -2.35. The van der Waals surface area contributed by atoms with Gasteiger partial charge < -0.3 is 9.72 Å². The molecule has 5 rings (SSSR count). The zero-order chi connectivity index (χ0) is 20.0. The Morgan fingerprint density at radius 2 is 2.28 bits per heavy atom. The molecule has 3 aromatic heterocycles. The summed E-state index contributed by atoms with van der Waals surface area (Å²) in [5.74, 6) is 2.20. The molecule has 0 spiro atoms. The molecule has 3 aromatic rings. The molecule has 2 fully saturated rings. The van der Waals surface area contributed by atoms with E-state index in [1.54, 1.807) is 22.0 Å². The summed E-state index contributed by atoms with van der Waals surface area (Å²) in [6.07, 6.45) is 5.09. The number of ether oxygens (including phenoxy) is 1. The van der Waals surface area contributed by atoms with E-state index in [2.05, 4.69) is 33.0 Å². The molecule has 7 nitrogen and oxygen atoms in total. The summed E-state index contributed by atoms with van der Waals surface area (Å²) in [6, 6.07) is 4.09. The van der Waals surface area contributed by atoms with Gasteiger partial charge >= 0.3 is 0 Å². The lowest BCUT2D eigenvalue weighted by Gasteiger charge is -2.34. The fourth-order valence-electron chi connectivity index (χ4n) is 4.86. The van der Waals surface area contributed by atoms with E-state index in [1.807, 2.05) is 6.07 Å². The lowest BCUT2D eigenvalue weighted by atomic mass is 9.84. The van der Waals surface area contributed by atoms with E-state index >= 15 is 0 Å². The maximum Gasteiger partial charge on any atom is 0.276 e. The van der Waals surface area contributed by atoms with Gasteiger partial charge in [0.25, 0.3) is 5.56 Å².